The molecule has 0 N–H and O–H groups in total. The molecule has 0 atom stereocenters. The van der Waals surface area contributed by atoms with Gasteiger partial charge in [0, 0.05) is 11.4 Å². The second-order valence-electron chi connectivity index (χ2n) is 4.73. The molecule has 1 aliphatic rings. The Bertz CT molecular complexity index is 343. The molecule has 0 unspecified atom stereocenters. The molecule has 2 heterocycles. The van der Waals surface area contributed by atoms with E-state index in [1.54, 1.807) is 11.3 Å². The van der Waals surface area contributed by atoms with Crippen LogP contribution < -0.4 is 0 Å². The van der Waals surface area contributed by atoms with Gasteiger partial charge in [0.2, 0.25) is 0 Å². The summed E-state index contributed by atoms with van der Waals surface area (Å²) in [5.74, 6) is -0.104. The minimum absolute atomic E-state index is 0.104. The van der Waals surface area contributed by atoms with Crippen LogP contribution in [0.25, 0.3) is 0 Å². The summed E-state index contributed by atoms with van der Waals surface area (Å²) in [7, 11) is 0. The van der Waals surface area contributed by atoms with Gasteiger partial charge < -0.3 is 4.74 Å². The van der Waals surface area contributed by atoms with Gasteiger partial charge in [-0.25, -0.2) is 0 Å². The summed E-state index contributed by atoms with van der Waals surface area (Å²) in [6.07, 6.45) is 5.66. The smallest absolute Gasteiger partial charge is 0.311 e. The zero-order valence-electron chi connectivity index (χ0n) is 10.8. The lowest BCUT2D eigenvalue weighted by Crippen LogP contribution is -2.29. The maximum Gasteiger partial charge on any atom is 0.311 e. The Labute approximate surface area is 113 Å². The third-order valence-corrected chi connectivity index (χ3v) is 4.14. The van der Waals surface area contributed by atoms with Crippen LogP contribution in [0, 0.1) is 0 Å². The maximum absolute atomic E-state index is 11.6. The van der Waals surface area contributed by atoms with E-state index >= 15 is 0 Å². The molecule has 0 radical (unpaired) electrons. The van der Waals surface area contributed by atoms with Crippen LogP contribution >= 0.6 is 11.3 Å². The van der Waals surface area contributed by atoms with Crippen molar-refractivity contribution in [3.8, 4) is 0 Å². The Morgan fingerprint density at radius 2 is 2.06 bits per heavy atom. The Morgan fingerprint density at radius 1 is 1.28 bits per heavy atom. The van der Waals surface area contributed by atoms with Gasteiger partial charge in [-0.1, -0.05) is 18.9 Å². The predicted octanol–water partition coefficient (Wildman–Crippen LogP) is 2.71. The maximum atomic E-state index is 11.6. The number of carbonyl (C=O) groups excluding carboxylic acids is 1. The zero-order valence-corrected chi connectivity index (χ0v) is 11.6. The molecule has 0 aliphatic carbocycles. The third-order valence-electron chi connectivity index (χ3n) is 3.27. The molecule has 1 aliphatic heterocycles. The lowest BCUT2D eigenvalue weighted by Gasteiger charge is -2.19. The fourth-order valence-corrected chi connectivity index (χ4v) is 2.95. The summed E-state index contributed by atoms with van der Waals surface area (Å²) < 4.78 is 5.28. The number of hydrogen-bond acceptors (Lipinski definition) is 4. The lowest BCUT2D eigenvalue weighted by molar-refractivity contribution is -0.143. The van der Waals surface area contributed by atoms with Gasteiger partial charge in [0.15, 0.2) is 0 Å². The number of carbonyl (C=O) groups is 1. The van der Waals surface area contributed by atoms with E-state index in [0.717, 1.165) is 24.5 Å². The van der Waals surface area contributed by atoms with Crippen molar-refractivity contribution in [2.75, 3.05) is 26.2 Å². The van der Waals surface area contributed by atoms with Gasteiger partial charge >= 0.3 is 5.97 Å². The fourth-order valence-electron chi connectivity index (χ4n) is 2.25. The third kappa shape index (κ3) is 4.78. The topological polar surface area (TPSA) is 29.5 Å². The van der Waals surface area contributed by atoms with Crippen molar-refractivity contribution in [3.63, 3.8) is 0 Å². The Kier molecular flexibility index (Phi) is 5.68. The van der Waals surface area contributed by atoms with E-state index in [2.05, 4.69) is 4.90 Å². The van der Waals surface area contributed by atoms with Crippen LogP contribution in [0.2, 0.25) is 0 Å². The molecule has 1 fully saturated rings. The van der Waals surface area contributed by atoms with Crippen LogP contribution in [0.1, 0.15) is 30.6 Å². The van der Waals surface area contributed by atoms with Crippen molar-refractivity contribution in [3.05, 3.63) is 22.4 Å². The molecule has 1 aromatic rings. The second kappa shape index (κ2) is 7.54. The number of hydrogen-bond donors (Lipinski definition) is 0. The van der Waals surface area contributed by atoms with Crippen LogP contribution in [0.15, 0.2) is 17.5 Å². The molecule has 0 bridgehead atoms. The highest BCUT2D eigenvalue weighted by Crippen LogP contribution is 2.10. The number of rotatable bonds is 5. The fraction of sp³-hybridized carbons (Fsp3) is 0.643. The monoisotopic (exact) mass is 267 g/mol. The van der Waals surface area contributed by atoms with Crippen molar-refractivity contribution in [2.24, 2.45) is 0 Å². The number of ether oxygens (including phenoxy) is 1. The van der Waals surface area contributed by atoms with Gasteiger partial charge in [0.25, 0.3) is 0 Å². The highest BCUT2D eigenvalue weighted by molar-refractivity contribution is 7.10. The molecule has 0 amide bonds. The molecule has 100 valence electrons. The summed E-state index contributed by atoms with van der Waals surface area (Å²) in [6, 6.07) is 3.94. The van der Waals surface area contributed by atoms with E-state index in [0.29, 0.717) is 13.0 Å². The van der Waals surface area contributed by atoms with Gasteiger partial charge in [-0.2, -0.15) is 0 Å². The summed E-state index contributed by atoms with van der Waals surface area (Å²) in [5, 5.41) is 1.99. The van der Waals surface area contributed by atoms with Crippen molar-refractivity contribution >= 4 is 17.3 Å². The molecular weight excluding hydrogens is 246 g/mol. The van der Waals surface area contributed by atoms with E-state index in [1.165, 1.54) is 25.7 Å². The van der Waals surface area contributed by atoms with Crippen molar-refractivity contribution in [2.45, 2.75) is 32.1 Å². The average molecular weight is 267 g/mol. The highest BCUT2D eigenvalue weighted by Gasteiger charge is 2.10. The van der Waals surface area contributed by atoms with Crippen LogP contribution in [-0.4, -0.2) is 37.1 Å². The molecule has 0 saturated carbocycles. The van der Waals surface area contributed by atoms with Crippen LogP contribution in [0.5, 0.6) is 0 Å². The lowest BCUT2D eigenvalue weighted by atomic mass is 10.2. The van der Waals surface area contributed by atoms with Crippen molar-refractivity contribution in [1.29, 1.82) is 0 Å². The van der Waals surface area contributed by atoms with Crippen LogP contribution in [-0.2, 0) is 16.0 Å². The van der Waals surface area contributed by atoms with Gasteiger partial charge in [0.1, 0.15) is 6.61 Å². The molecular formula is C14H21NO2S. The minimum atomic E-state index is -0.104. The predicted molar refractivity (Wildman–Crippen MR) is 73.9 cm³/mol. The minimum Gasteiger partial charge on any atom is -0.464 e. The standard InChI is InChI=1S/C14H21NO2S/c16-14(12-13-6-5-11-18-13)17-10-9-15-7-3-1-2-4-8-15/h5-6,11H,1-4,7-10,12H2. The van der Waals surface area contributed by atoms with Gasteiger partial charge in [-0.15, -0.1) is 11.3 Å². The summed E-state index contributed by atoms with van der Waals surface area (Å²) >= 11 is 1.60. The summed E-state index contributed by atoms with van der Waals surface area (Å²) in [5.41, 5.74) is 0. The van der Waals surface area contributed by atoms with E-state index in [9.17, 15) is 4.79 Å². The largest absolute Gasteiger partial charge is 0.464 e. The first-order valence-electron chi connectivity index (χ1n) is 6.75. The van der Waals surface area contributed by atoms with E-state index in [4.69, 9.17) is 4.74 Å². The molecule has 4 heteroatoms. The number of likely N-dealkylation sites (tertiary alicyclic amines) is 1. The molecule has 1 aromatic heterocycles. The normalized spacial score (nSPS) is 17.3. The first-order chi connectivity index (χ1) is 8.84. The average Bonchev–Trinajstić information content (AvgIpc) is 2.72. The second-order valence-corrected chi connectivity index (χ2v) is 5.76. The van der Waals surface area contributed by atoms with Gasteiger partial charge in [-0.05, 0) is 37.4 Å². The highest BCUT2D eigenvalue weighted by atomic mass is 32.1. The van der Waals surface area contributed by atoms with Crippen molar-refractivity contribution in [1.82, 2.24) is 4.90 Å². The number of esters is 1. The molecule has 0 aromatic carbocycles. The molecule has 0 spiro atoms. The molecule has 2 rings (SSSR count). The van der Waals surface area contributed by atoms with Crippen LogP contribution in [0.3, 0.4) is 0 Å². The quantitative estimate of drug-likeness (QED) is 0.768. The van der Waals surface area contributed by atoms with Crippen LogP contribution in [0.4, 0.5) is 0 Å². The molecule has 18 heavy (non-hydrogen) atoms. The zero-order chi connectivity index (χ0) is 12.6. The SMILES string of the molecule is O=C(Cc1cccs1)OCCN1CCCCCC1. The molecule has 1 saturated heterocycles. The van der Waals surface area contributed by atoms with Crippen molar-refractivity contribution < 1.29 is 9.53 Å². The first kappa shape index (κ1) is 13.6. The Morgan fingerprint density at radius 3 is 2.72 bits per heavy atom. The number of nitrogens with zero attached hydrogens (tertiary/aromatic N) is 1. The van der Waals surface area contributed by atoms with E-state index < -0.39 is 0 Å². The Hall–Kier alpha value is -0.870. The number of thiophene rings is 1. The van der Waals surface area contributed by atoms with Gasteiger partial charge in [-0.3, -0.25) is 9.69 Å². The summed E-state index contributed by atoms with van der Waals surface area (Å²) in [6.45, 7) is 3.73. The van der Waals surface area contributed by atoms with E-state index in [-0.39, 0.29) is 5.97 Å². The Balaban J connectivity index is 1.60. The van der Waals surface area contributed by atoms with E-state index in [1.807, 2.05) is 17.5 Å². The van der Waals surface area contributed by atoms with Gasteiger partial charge in [0.05, 0.1) is 6.42 Å². The summed E-state index contributed by atoms with van der Waals surface area (Å²) in [4.78, 5) is 15.1. The first-order valence-corrected chi connectivity index (χ1v) is 7.63. The molecule has 3 nitrogen and oxygen atoms in total.